The van der Waals surface area contributed by atoms with Crippen LogP contribution in [-0.4, -0.2) is 4.98 Å². The van der Waals surface area contributed by atoms with E-state index in [-0.39, 0.29) is 0 Å². The second-order valence-electron chi connectivity index (χ2n) is 10.8. The number of hydrogen-bond acceptors (Lipinski definition) is 4. The summed E-state index contributed by atoms with van der Waals surface area (Å²) in [6.07, 6.45) is 0. The van der Waals surface area contributed by atoms with Crippen molar-refractivity contribution in [1.82, 2.24) is 4.98 Å². The van der Waals surface area contributed by atoms with Crippen LogP contribution < -0.4 is 4.90 Å². The largest absolute Gasteiger partial charge is 0.456 e. The molecule has 0 spiro atoms. The summed E-state index contributed by atoms with van der Waals surface area (Å²) in [7, 11) is 0. The molecule has 202 valence electrons. The minimum Gasteiger partial charge on any atom is -0.456 e. The first kappa shape index (κ1) is 23.8. The van der Waals surface area contributed by atoms with Crippen molar-refractivity contribution < 1.29 is 8.83 Å². The molecule has 43 heavy (non-hydrogen) atoms. The molecule has 4 nitrogen and oxygen atoms in total. The van der Waals surface area contributed by atoms with Crippen LogP contribution in [0.2, 0.25) is 0 Å². The highest BCUT2D eigenvalue weighted by atomic mass is 16.3. The third-order valence-electron chi connectivity index (χ3n) is 8.26. The summed E-state index contributed by atoms with van der Waals surface area (Å²) in [5.74, 6) is 0. The van der Waals surface area contributed by atoms with Crippen LogP contribution in [0.15, 0.2) is 154 Å². The number of aromatic nitrogens is 1. The van der Waals surface area contributed by atoms with Crippen molar-refractivity contribution in [3.8, 4) is 11.1 Å². The quantitative estimate of drug-likeness (QED) is 0.218. The van der Waals surface area contributed by atoms with Crippen molar-refractivity contribution in [3.05, 3.63) is 146 Å². The smallest absolute Gasteiger partial charge is 0.227 e. The van der Waals surface area contributed by atoms with Crippen molar-refractivity contribution in [2.45, 2.75) is 0 Å². The van der Waals surface area contributed by atoms with Gasteiger partial charge in [0.2, 0.25) is 5.71 Å². The minimum atomic E-state index is 0.647. The van der Waals surface area contributed by atoms with Crippen LogP contribution >= 0.6 is 0 Å². The van der Waals surface area contributed by atoms with Gasteiger partial charge in [0.1, 0.15) is 16.7 Å². The molecule has 3 heterocycles. The molecule has 0 saturated heterocycles. The van der Waals surface area contributed by atoms with E-state index in [1.807, 2.05) is 42.5 Å². The van der Waals surface area contributed by atoms with Gasteiger partial charge in [0, 0.05) is 56.1 Å². The molecule has 0 aliphatic heterocycles. The Bertz CT molecular complexity index is 2450. The van der Waals surface area contributed by atoms with E-state index in [9.17, 15) is 0 Å². The van der Waals surface area contributed by atoms with E-state index in [1.54, 1.807) is 0 Å². The number of nitrogens with zero attached hydrogens (tertiary/aromatic N) is 2. The predicted octanol–water partition coefficient (Wildman–Crippen LogP) is 11.2. The van der Waals surface area contributed by atoms with Crippen molar-refractivity contribution in [2.24, 2.45) is 0 Å². The molecule has 0 saturated carbocycles. The van der Waals surface area contributed by atoms with Crippen LogP contribution in [0.25, 0.3) is 66.0 Å². The number of fused-ring (bicyclic) bond motifs is 7. The van der Waals surface area contributed by atoms with E-state index in [1.165, 1.54) is 11.1 Å². The van der Waals surface area contributed by atoms with Gasteiger partial charge >= 0.3 is 0 Å². The van der Waals surface area contributed by atoms with Gasteiger partial charge in [0.25, 0.3) is 0 Å². The van der Waals surface area contributed by atoms with Crippen molar-refractivity contribution in [1.29, 1.82) is 0 Å². The molecule has 0 radical (unpaired) electrons. The molecule has 0 fully saturated rings. The molecule has 9 aromatic rings. The van der Waals surface area contributed by atoms with Crippen LogP contribution in [0.1, 0.15) is 0 Å². The number of hydrogen-bond donors (Lipinski definition) is 0. The molecule has 0 atom stereocenters. The lowest BCUT2D eigenvalue weighted by Crippen LogP contribution is -2.09. The average Bonchev–Trinajstić information content (AvgIpc) is 3.61. The third-order valence-corrected chi connectivity index (χ3v) is 8.26. The lowest BCUT2D eigenvalue weighted by molar-refractivity contribution is 0.656. The lowest BCUT2D eigenvalue weighted by Gasteiger charge is -2.25. The highest BCUT2D eigenvalue weighted by molar-refractivity contribution is 6.09. The summed E-state index contributed by atoms with van der Waals surface area (Å²) >= 11 is 0. The van der Waals surface area contributed by atoms with Crippen molar-refractivity contribution >= 4 is 72.0 Å². The molecule has 6 aromatic carbocycles. The van der Waals surface area contributed by atoms with E-state index in [0.717, 1.165) is 66.3 Å². The fraction of sp³-hybridized carbons (Fsp3) is 0. The average molecular weight is 553 g/mol. The van der Waals surface area contributed by atoms with Crippen molar-refractivity contribution in [3.63, 3.8) is 0 Å². The first-order valence-corrected chi connectivity index (χ1v) is 14.4. The first-order chi connectivity index (χ1) is 21.3. The number of rotatable bonds is 4. The van der Waals surface area contributed by atoms with Gasteiger partial charge in [0.05, 0.1) is 5.52 Å². The van der Waals surface area contributed by atoms with Crippen LogP contribution in [0.5, 0.6) is 0 Å². The monoisotopic (exact) mass is 552 g/mol. The van der Waals surface area contributed by atoms with Gasteiger partial charge in [-0.15, -0.1) is 0 Å². The number of benzene rings is 6. The summed E-state index contributed by atoms with van der Waals surface area (Å²) in [5, 5.41) is 5.38. The Labute approximate surface area is 247 Å². The topological polar surface area (TPSA) is 42.4 Å². The van der Waals surface area contributed by atoms with Gasteiger partial charge in [-0.3, -0.25) is 0 Å². The Kier molecular flexibility index (Phi) is 5.16. The number of pyridine rings is 1. The summed E-state index contributed by atoms with van der Waals surface area (Å²) in [6, 6.07) is 50.4. The Morgan fingerprint density at radius 3 is 1.84 bits per heavy atom. The zero-order valence-corrected chi connectivity index (χ0v) is 23.1. The maximum atomic E-state index is 6.35. The highest BCUT2D eigenvalue weighted by Gasteiger charge is 2.18. The number of para-hydroxylation sites is 2. The maximum absolute atomic E-state index is 6.35. The molecule has 0 aliphatic carbocycles. The van der Waals surface area contributed by atoms with Gasteiger partial charge in [0.15, 0.2) is 0 Å². The summed E-state index contributed by atoms with van der Waals surface area (Å²) in [4.78, 5) is 7.05. The molecule has 0 bridgehead atoms. The van der Waals surface area contributed by atoms with Gasteiger partial charge in [-0.05, 0) is 65.7 Å². The minimum absolute atomic E-state index is 0.647. The van der Waals surface area contributed by atoms with Gasteiger partial charge < -0.3 is 13.7 Å². The Morgan fingerprint density at radius 2 is 1.02 bits per heavy atom. The Balaban J connectivity index is 1.22. The van der Waals surface area contributed by atoms with Gasteiger partial charge in [-0.1, -0.05) is 78.9 Å². The summed E-state index contributed by atoms with van der Waals surface area (Å²) < 4.78 is 12.6. The molecule has 0 aliphatic rings. The second kappa shape index (κ2) is 9.33. The standard InChI is InChI=1S/C39H24N2O2/c1-2-8-25(9-3-1)26-14-16-28(17-15-26)41(29-18-20-32-31-11-5-7-13-36(31)42-37(32)23-29)30-19-21-33-34-22-27-10-4-6-12-35(27)40-39(34)43-38(33)24-30/h1-24H. The van der Waals surface area contributed by atoms with Crippen molar-refractivity contribution in [2.75, 3.05) is 4.90 Å². The van der Waals surface area contributed by atoms with E-state index in [2.05, 4.69) is 108 Å². The Hall–Kier alpha value is -5.87. The van der Waals surface area contributed by atoms with Crippen LogP contribution in [0.4, 0.5) is 17.1 Å². The molecule has 9 rings (SSSR count). The van der Waals surface area contributed by atoms with Crippen LogP contribution in [-0.2, 0) is 0 Å². The zero-order chi connectivity index (χ0) is 28.3. The van der Waals surface area contributed by atoms with E-state index >= 15 is 0 Å². The molecule has 0 amide bonds. The van der Waals surface area contributed by atoms with Gasteiger partial charge in [-0.25, -0.2) is 4.98 Å². The molecular formula is C39H24N2O2. The van der Waals surface area contributed by atoms with Crippen LogP contribution in [0.3, 0.4) is 0 Å². The maximum Gasteiger partial charge on any atom is 0.227 e. The zero-order valence-electron chi connectivity index (χ0n) is 23.1. The SMILES string of the molecule is c1ccc(-c2ccc(N(c3ccc4c(c3)oc3ccccc34)c3ccc4c(c3)oc3nc5ccccc5cc34)cc2)cc1. The fourth-order valence-corrected chi connectivity index (χ4v) is 6.16. The number of anilines is 3. The first-order valence-electron chi connectivity index (χ1n) is 14.4. The molecule has 3 aromatic heterocycles. The molecular weight excluding hydrogens is 528 g/mol. The van der Waals surface area contributed by atoms with E-state index in [4.69, 9.17) is 13.8 Å². The third kappa shape index (κ3) is 3.88. The van der Waals surface area contributed by atoms with Crippen LogP contribution in [0, 0.1) is 0 Å². The summed E-state index contributed by atoms with van der Waals surface area (Å²) in [6.45, 7) is 0. The Morgan fingerprint density at radius 1 is 0.419 bits per heavy atom. The van der Waals surface area contributed by atoms with Gasteiger partial charge in [-0.2, -0.15) is 0 Å². The molecule has 0 unspecified atom stereocenters. The fourth-order valence-electron chi connectivity index (χ4n) is 6.16. The number of furan rings is 2. The predicted molar refractivity (Wildman–Crippen MR) is 176 cm³/mol. The highest BCUT2D eigenvalue weighted by Crippen LogP contribution is 2.41. The molecule has 4 heteroatoms. The normalized spacial score (nSPS) is 11.7. The summed E-state index contributed by atoms with van der Waals surface area (Å²) in [5.41, 5.74) is 9.48. The lowest BCUT2D eigenvalue weighted by atomic mass is 10.0. The van der Waals surface area contributed by atoms with E-state index in [0.29, 0.717) is 5.71 Å². The van der Waals surface area contributed by atoms with E-state index < -0.39 is 0 Å². The second-order valence-corrected chi connectivity index (χ2v) is 10.8. The molecule has 0 N–H and O–H groups in total.